The normalized spacial score (nSPS) is 24.9. The molecule has 1 saturated heterocycles. The lowest BCUT2D eigenvalue weighted by atomic mass is 9.86. The number of hydrogen-bond acceptors (Lipinski definition) is 4. The first-order valence-electron chi connectivity index (χ1n) is 9.40. The van der Waals surface area contributed by atoms with Crippen molar-refractivity contribution in [1.29, 1.82) is 0 Å². The molecule has 0 bridgehead atoms. The van der Waals surface area contributed by atoms with Crippen molar-refractivity contribution < 1.29 is 4.79 Å². The lowest BCUT2D eigenvalue weighted by Gasteiger charge is -2.34. The number of hydrogen-bond donors (Lipinski definition) is 1. The van der Waals surface area contributed by atoms with E-state index in [1.54, 1.807) is 18.6 Å². The summed E-state index contributed by atoms with van der Waals surface area (Å²) >= 11 is 0. The van der Waals surface area contributed by atoms with Gasteiger partial charge in [0.15, 0.2) is 0 Å². The number of carbonyl (C=O) groups is 1. The van der Waals surface area contributed by atoms with E-state index in [4.69, 9.17) is 0 Å². The summed E-state index contributed by atoms with van der Waals surface area (Å²) in [5.74, 6) is 1.10. The van der Waals surface area contributed by atoms with E-state index in [1.807, 2.05) is 18.2 Å². The summed E-state index contributed by atoms with van der Waals surface area (Å²) in [6, 6.07) is 10.5. The van der Waals surface area contributed by atoms with Gasteiger partial charge >= 0.3 is 0 Å². The molecule has 5 heteroatoms. The second-order valence-electron chi connectivity index (χ2n) is 8.13. The number of aromatic nitrogens is 2. The third kappa shape index (κ3) is 2.85. The number of rotatable bonds is 4. The maximum Gasteiger partial charge on any atom is 0.231 e. The van der Waals surface area contributed by atoms with E-state index in [0.29, 0.717) is 0 Å². The van der Waals surface area contributed by atoms with Crippen LogP contribution in [0.1, 0.15) is 38.7 Å². The molecule has 26 heavy (non-hydrogen) atoms. The van der Waals surface area contributed by atoms with Crippen molar-refractivity contribution in [3.63, 3.8) is 0 Å². The van der Waals surface area contributed by atoms with Crippen LogP contribution in [0.5, 0.6) is 0 Å². The predicted octanol–water partition coefficient (Wildman–Crippen LogP) is 2.93. The molecule has 0 radical (unpaired) electrons. The topological polar surface area (TPSA) is 58.1 Å². The average Bonchev–Trinajstić information content (AvgIpc) is 3.27. The Morgan fingerprint density at radius 1 is 1.15 bits per heavy atom. The number of anilines is 1. The van der Waals surface area contributed by atoms with Gasteiger partial charge in [0, 0.05) is 31.5 Å². The summed E-state index contributed by atoms with van der Waals surface area (Å²) in [7, 11) is 0. The Labute approximate surface area is 154 Å². The number of nitrogens with zero attached hydrogens (tertiary/aromatic N) is 3. The molecule has 2 aliphatic rings. The fraction of sp³-hybridized carbons (Fsp3) is 0.476. The van der Waals surface area contributed by atoms with Crippen LogP contribution in [0.25, 0.3) is 0 Å². The van der Waals surface area contributed by atoms with Crippen molar-refractivity contribution in [2.75, 3.05) is 18.0 Å². The number of piperidine rings is 1. The Morgan fingerprint density at radius 3 is 2.42 bits per heavy atom. The quantitative estimate of drug-likeness (QED) is 0.921. The summed E-state index contributed by atoms with van der Waals surface area (Å²) in [5.41, 5.74) is 0.772. The van der Waals surface area contributed by atoms with Crippen LogP contribution in [-0.4, -0.2) is 35.0 Å². The molecule has 2 aromatic rings. The second kappa shape index (κ2) is 6.38. The molecule has 1 amide bonds. The van der Waals surface area contributed by atoms with Gasteiger partial charge in [-0.15, -0.1) is 0 Å². The van der Waals surface area contributed by atoms with E-state index in [0.717, 1.165) is 43.7 Å². The molecule has 1 aliphatic heterocycles. The molecule has 2 heterocycles. The van der Waals surface area contributed by atoms with Gasteiger partial charge in [-0.1, -0.05) is 44.2 Å². The van der Waals surface area contributed by atoms with Crippen molar-refractivity contribution >= 4 is 11.7 Å². The van der Waals surface area contributed by atoms with Crippen LogP contribution in [0.15, 0.2) is 48.9 Å². The zero-order chi connectivity index (χ0) is 18.2. The van der Waals surface area contributed by atoms with Crippen LogP contribution in [-0.2, 0) is 10.2 Å². The van der Waals surface area contributed by atoms with Gasteiger partial charge in [0.05, 0.1) is 11.6 Å². The second-order valence-corrected chi connectivity index (χ2v) is 8.13. The van der Waals surface area contributed by atoms with Gasteiger partial charge in [-0.25, -0.2) is 4.98 Å². The Kier molecular flexibility index (Phi) is 4.17. The van der Waals surface area contributed by atoms with Gasteiger partial charge in [-0.05, 0) is 30.2 Å². The Bertz CT molecular complexity index is 769. The molecule has 2 fully saturated rings. The van der Waals surface area contributed by atoms with Gasteiger partial charge in [0.2, 0.25) is 5.91 Å². The molecular weight excluding hydrogens is 324 g/mol. The third-order valence-electron chi connectivity index (χ3n) is 6.10. The zero-order valence-corrected chi connectivity index (χ0v) is 15.5. The van der Waals surface area contributed by atoms with E-state index in [2.05, 4.69) is 46.2 Å². The lowest BCUT2D eigenvalue weighted by molar-refractivity contribution is -0.125. The van der Waals surface area contributed by atoms with Gasteiger partial charge in [0.25, 0.3) is 0 Å². The van der Waals surface area contributed by atoms with Crippen molar-refractivity contribution in [2.24, 2.45) is 5.41 Å². The average molecular weight is 350 g/mol. The summed E-state index contributed by atoms with van der Waals surface area (Å²) < 4.78 is 0. The minimum absolute atomic E-state index is 0.0127. The van der Waals surface area contributed by atoms with Crippen molar-refractivity contribution in [3.8, 4) is 0 Å². The highest BCUT2D eigenvalue weighted by Gasteiger charge is 2.67. The van der Waals surface area contributed by atoms with E-state index in [-0.39, 0.29) is 22.8 Å². The fourth-order valence-corrected chi connectivity index (χ4v) is 4.37. The first-order chi connectivity index (χ1) is 12.5. The highest BCUT2D eigenvalue weighted by Crippen LogP contribution is 2.64. The minimum Gasteiger partial charge on any atom is -0.355 e. The van der Waals surface area contributed by atoms with E-state index >= 15 is 0 Å². The van der Waals surface area contributed by atoms with Crippen LogP contribution in [0.2, 0.25) is 0 Å². The van der Waals surface area contributed by atoms with Crippen LogP contribution in [0.3, 0.4) is 0 Å². The molecule has 1 aromatic carbocycles. The van der Waals surface area contributed by atoms with Crippen LogP contribution >= 0.6 is 0 Å². The molecule has 4 rings (SSSR count). The highest BCUT2D eigenvalue weighted by atomic mass is 16.2. The van der Waals surface area contributed by atoms with Crippen LogP contribution in [0, 0.1) is 5.41 Å². The molecule has 136 valence electrons. The highest BCUT2D eigenvalue weighted by molar-refractivity contribution is 5.93. The summed E-state index contributed by atoms with van der Waals surface area (Å²) in [5, 5.41) is 3.35. The largest absolute Gasteiger partial charge is 0.355 e. The molecule has 1 N–H and O–H groups in total. The molecule has 1 atom stereocenters. The molecule has 0 unspecified atom stereocenters. The van der Waals surface area contributed by atoms with Gasteiger partial charge in [0.1, 0.15) is 5.82 Å². The first-order valence-corrected chi connectivity index (χ1v) is 9.40. The molecule has 1 saturated carbocycles. The first kappa shape index (κ1) is 17.0. The Hall–Kier alpha value is -2.43. The SMILES string of the molecule is CC1(C)C[C@]1(C(=O)NC1CCN(c2cnccn2)CC1)c1ccccc1. The minimum atomic E-state index is -0.379. The molecule has 1 aromatic heterocycles. The van der Waals surface area contributed by atoms with Crippen LogP contribution in [0.4, 0.5) is 5.82 Å². The maximum atomic E-state index is 13.2. The standard InChI is InChI=1S/C21H26N4O/c1-20(2)15-21(20,16-6-4-3-5-7-16)19(26)24-17-8-12-25(13-9-17)18-14-22-10-11-23-18/h3-7,10-11,14,17H,8-9,12-13,15H2,1-2H3,(H,24,26)/t21-/m1/s1. The van der Waals surface area contributed by atoms with Gasteiger partial charge in [-0.2, -0.15) is 0 Å². The van der Waals surface area contributed by atoms with Crippen molar-refractivity contribution in [3.05, 3.63) is 54.5 Å². The Morgan fingerprint density at radius 2 is 1.85 bits per heavy atom. The number of carbonyl (C=O) groups excluding carboxylic acids is 1. The van der Waals surface area contributed by atoms with E-state index in [9.17, 15) is 4.79 Å². The van der Waals surface area contributed by atoms with Crippen molar-refractivity contribution in [1.82, 2.24) is 15.3 Å². The van der Waals surface area contributed by atoms with E-state index < -0.39 is 0 Å². The van der Waals surface area contributed by atoms with E-state index in [1.165, 1.54) is 0 Å². The monoisotopic (exact) mass is 350 g/mol. The van der Waals surface area contributed by atoms with Gasteiger partial charge < -0.3 is 10.2 Å². The van der Waals surface area contributed by atoms with Gasteiger partial charge in [-0.3, -0.25) is 9.78 Å². The molecule has 5 nitrogen and oxygen atoms in total. The maximum absolute atomic E-state index is 13.2. The van der Waals surface area contributed by atoms with Crippen LogP contribution < -0.4 is 10.2 Å². The van der Waals surface area contributed by atoms with Crippen molar-refractivity contribution in [2.45, 2.75) is 44.6 Å². The summed E-state index contributed by atoms with van der Waals surface area (Å²) in [6.07, 6.45) is 8.00. The number of nitrogens with one attached hydrogen (secondary N) is 1. The Balaban J connectivity index is 1.41. The predicted molar refractivity (Wildman–Crippen MR) is 102 cm³/mol. The number of benzene rings is 1. The lowest BCUT2D eigenvalue weighted by Crippen LogP contribution is -2.48. The zero-order valence-electron chi connectivity index (χ0n) is 15.5. The molecule has 1 aliphatic carbocycles. The third-order valence-corrected chi connectivity index (χ3v) is 6.10. The summed E-state index contributed by atoms with van der Waals surface area (Å²) in [4.78, 5) is 24.0. The fourth-order valence-electron chi connectivity index (χ4n) is 4.37. The summed E-state index contributed by atoms with van der Waals surface area (Å²) in [6.45, 7) is 6.17. The molecule has 0 spiro atoms. The molecular formula is C21H26N4O. The smallest absolute Gasteiger partial charge is 0.231 e. The number of amides is 1.